The molecule has 1 aromatic heterocycles. The Labute approximate surface area is 182 Å². The van der Waals surface area contributed by atoms with Gasteiger partial charge in [-0.2, -0.15) is 5.10 Å². The van der Waals surface area contributed by atoms with Gasteiger partial charge in [-0.25, -0.2) is 4.68 Å². The number of benzene rings is 2. The number of rotatable bonds is 5. The molecule has 1 fully saturated rings. The molecule has 1 aliphatic heterocycles. The lowest BCUT2D eigenvalue weighted by molar-refractivity contribution is 0.0743. The number of hydrogen-bond donors (Lipinski definition) is 0. The van der Waals surface area contributed by atoms with Crippen LogP contribution in [0.2, 0.25) is 0 Å². The molecule has 0 saturated carbocycles. The van der Waals surface area contributed by atoms with E-state index in [9.17, 15) is 4.79 Å². The zero-order chi connectivity index (χ0) is 21.1. The molecule has 1 amide bonds. The second-order valence-corrected chi connectivity index (χ2v) is 8.78. The zero-order valence-corrected chi connectivity index (χ0v) is 18.7. The summed E-state index contributed by atoms with van der Waals surface area (Å²) in [6, 6.07) is 18.2. The van der Waals surface area contributed by atoms with Gasteiger partial charge in [-0.05, 0) is 43.9 Å². The smallest absolute Gasteiger partial charge is 0.255 e. The van der Waals surface area contributed by atoms with Crippen molar-refractivity contribution in [2.45, 2.75) is 25.7 Å². The van der Waals surface area contributed by atoms with E-state index in [1.54, 1.807) is 11.8 Å². The highest BCUT2D eigenvalue weighted by Gasteiger charge is 2.27. The summed E-state index contributed by atoms with van der Waals surface area (Å²) < 4.78 is 2.01. The summed E-state index contributed by atoms with van der Waals surface area (Å²) >= 11 is 1.73. The standard InChI is InChI=1S/C24H28N4OS/c1-4-30-22-13-9-8-12-21(22)24(29)27-16-14-26(15-17-27)23-18(2)25-28(19(23)3)20-10-6-5-7-11-20/h5-13H,4,14-17H2,1-3H3. The first-order chi connectivity index (χ1) is 14.6. The van der Waals surface area contributed by atoms with E-state index < -0.39 is 0 Å². The Hall–Kier alpha value is -2.73. The number of thioether (sulfide) groups is 1. The molecule has 0 radical (unpaired) electrons. The predicted octanol–water partition coefficient (Wildman–Crippen LogP) is 4.56. The van der Waals surface area contributed by atoms with E-state index in [1.807, 2.05) is 52.0 Å². The fourth-order valence-corrected chi connectivity index (χ4v) is 4.94. The Kier molecular flexibility index (Phi) is 6.13. The first-order valence-corrected chi connectivity index (χ1v) is 11.5. The minimum absolute atomic E-state index is 0.139. The number of aryl methyl sites for hydroxylation is 1. The summed E-state index contributed by atoms with van der Waals surface area (Å²) in [5.74, 6) is 1.10. The molecule has 1 saturated heterocycles. The molecule has 3 aromatic rings. The second-order valence-electron chi connectivity index (χ2n) is 7.48. The van der Waals surface area contributed by atoms with E-state index >= 15 is 0 Å². The average molecular weight is 421 g/mol. The number of aromatic nitrogens is 2. The van der Waals surface area contributed by atoms with E-state index in [-0.39, 0.29) is 5.91 Å². The molecular formula is C24H28N4OS. The van der Waals surface area contributed by atoms with Crippen LogP contribution in [0.3, 0.4) is 0 Å². The number of anilines is 1. The van der Waals surface area contributed by atoms with E-state index in [0.717, 1.165) is 59.5 Å². The highest BCUT2D eigenvalue weighted by Crippen LogP contribution is 2.29. The molecule has 5 nitrogen and oxygen atoms in total. The summed E-state index contributed by atoms with van der Waals surface area (Å²) in [6.07, 6.45) is 0. The zero-order valence-electron chi connectivity index (χ0n) is 17.8. The van der Waals surface area contributed by atoms with Crippen molar-refractivity contribution < 1.29 is 4.79 Å². The monoisotopic (exact) mass is 420 g/mol. The molecule has 4 rings (SSSR count). The molecule has 1 aliphatic rings. The number of para-hydroxylation sites is 1. The summed E-state index contributed by atoms with van der Waals surface area (Å²) in [6.45, 7) is 9.38. The van der Waals surface area contributed by atoms with Crippen LogP contribution < -0.4 is 4.90 Å². The molecule has 6 heteroatoms. The van der Waals surface area contributed by atoms with Crippen molar-refractivity contribution >= 4 is 23.4 Å². The fraction of sp³-hybridized carbons (Fsp3) is 0.333. The van der Waals surface area contributed by atoms with Gasteiger partial charge >= 0.3 is 0 Å². The third-order valence-corrected chi connectivity index (χ3v) is 6.51. The molecule has 0 aliphatic carbocycles. The second kappa shape index (κ2) is 8.96. The molecular weight excluding hydrogens is 392 g/mol. The van der Waals surface area contributed by atoms with Crippen LogP contribution in [0.25, 0.3) is 5.69 Å². The normalized spacial score (nSPS) is 14.2. The highest BCUT2D eigenvalue weighted by molar-refractivity contribution is 7.99. The van der Waals surface area contributed by atoms with Crippen LogP contribution >= 0.6 is 11.8 Å². The Morgan fingerprint density at radius 1 is 0.967 bits per heavy atom. The van der Waals surface area contributed by atoms with Crippen molar-refractivity contribution in [1.82, 2.24) is 14.7 Å². The Morgan fingerprint density at radius 2 is 1.63 bits per heavy atom. The van der Waals surface area contributed by atoms with Crippen LogP contribution in [0.5, 0.6) is 0 Å². The first kappa shape index (κ1) is 20.5. The van der Waals surface area contributed by atoms with Gasteiger partial charge in [0, 0.05) is 31.1 Å². The minimum Gasteiger partial charge on any atom is -0.365 e. The molecule has 0 bridgehead atoms. The van der Waals surface area contributed by atoms with Gasteiger partial charge in [0.15, 0.2) is 0 Å². The molecule has 0 atom stereocenters. The van der Waals surface area contributed by atoms with Crippen LogP contribution in [0.15, 0.2) is 59.5 Å². The van der Waals surface area contributed by atoms with Crippen molar-refractivity contribution in [3.05, 3.63) is 71.5 Å². The molecule has 2 heterocycles. The van der Waals surface area contributed by atoms with Crippen molar-refractivity contribution in [2.24, 2.45) is 0 Å². The van der Waals surface area contributed by atoms with Crippen molar-refractivity contribution in [3.63, 3.8) is 0 Å². The van der Waals surface area contributed by atoms with Gasteiger partial charge in [0.1, 0.15) is 0 Å². The number of nitrogens with zero attached hydrogens (tertiary/aromatic N) is 4. The van der Waals surface area contributed by atoms with Crippen molar-refractivity contribution in [2.75, 3.05) is 36.8 Å². The Bertz CT molecular complexity index is 1020. The summed E-state index contributed by atoms with van der Waals surface area (Å²) in [5.41, 5.74) is 5.25. The Balaban J connectivity index is 1.49. The lowest BCUT2D eigenvalue weighted by atomic mass is 10.1. The first-order valence-electron chi connectivity index (χ1n) is 10.5. The van der Waals surface area contributed by atoms with Gasteiger partial charge in [0.2, 0.25) is 0 Å². The SMILES string of the molecule is CCSc1ccccc1C(=O)N1CCN(c2c(C)nn(-c3ccccc3)c2C)CC1. The highest BCUT2D eigenvalue weighted by atomic mass is 32.2. The van der Waals surface area contributed by atoms with Gasteiger partial charge < -0.3 is 9.80 Å². The molecule has 0 unspecified atom stereocenters. The third-order valence-electron chi connectivity index (χ3n) is 5.55. The molecule has 2 aromatic carbocycles. The summed E-state index contributed by atoms with van der Waals surface area (Å²) in [5, 5.41) is 4.78. The number of amides is 1. The fourth-order valence-electron chi connectivity index (χ4n) is 4.14. The quantitative estimate of drug-likeness (QED) is 0.567. The van der Waals surface area contributed by atoms with E-state index in [1.165, 1.54) is 5.69 Å². The maximum Gasteiger partial charge on any atom is 0.255 e. The maximum atomic E-state index is 13.1. The van der Waals surface area contributed by atoms with Crippen LogP contribution in [0, 0.1) is 13.8 Å². The van der Waals surface area contributed by atoms with Gasteiger partial charge in [-0.15, -0.1) is 11.8 Å². The van der Waals surface area contributed by atoms with Crippen molar-refractivity contribution in [3.8, 4) is 5.69 Å². The number of hydrogen-bond acceptors (Lipinski definition) is 4. The van der Waals surface area contributed by atoms with E-state index in [4.69, 9.17) is 5.10 Å². The lowest BCUT2D eigenvalue weighted by Gasteiger charge is -2.36. The third kappa shape index (κ3) is 3.97. The molecule has 156 valence electrons. The summed E-state index contributed by atoms with van der Waals surface area (Å²) in [4.78, 5) is 18.6. The molecule has 30 heavy (non-hydrogen) atoms. The predicted molar refractivity (Wildman–Crippen MR) is 124 cm³/mol. The number of carbonyl (C=O) groups excluding carboxylic acids is 1. The number of carbonyl (C=O) groups is 1. The van der Waals surface area contributed by atoms with Gasteiger partial charge in [0.05, 0.1) is 28.3 Å². The topological polar surface area (TPSA) is 41.4 Å². The maximum absolute atomic E-state index is 13.1. The summed E-state index contributed by atoms with van der Waals surface area (Å²) in [7, 11) is 0. The minimum atomic E-state index is 0.139. The van der Waals surface area contributed by atoms with Crippen LogP contribution in [0.4, 0.5) is 5.69 Å². The van der Waals surface area contributed by atoms with E-state index in [0.29, 0.717) is 0 Å². The van der Waals surface area contributed by atoms with E-state index in [2.05, 4.69) is 37.8 Å². The van der Waals surface area contributed by atoms with Crippen molar-refractivity contribution in [1.29, 1.82) is 0 Å². The van der Waals surface area contributed by atoms with Crippen LogP contribution in [-0.4, -0.2) is 52.5 Å². The Morgan fingerprint density at radius 3 is 2.33 bits per heavy atom. The van der Waals surface area contributed by atoms with Gasteiger partial charge in [-0.1, -0.05) is 37.3 Å². The van der Waals surface area contributed by atoms with Crippen LogP contribution in [0.1, 0.15) is 28.7 Å². The molecule has 0 spiro atoms. The molecule has 0 N–H and O–H groups in total. The average Bonchev–Trinajstić information content (AvgIpc) is 3.08. The van der Waals surface area contributed by atoms with Gasteiger partial charge in [-0.3, -0.25) is 4.79 Å². The largest absolute Gasteiger partial charge is 0.365 e. The number of piperazine rings is 1. The van der Waals surface area contributed by atoms with Crippen LogP contribution in [-0.2, 0) is 0 Å². The lowest BCUT2D eigenvalue weighted by Crippen LogP contribution is -2.49. The van der Waals surface area contributed by atoms with Gasteiger partial charge in [0.25, 0.3) is 5.91 Å².